The van der Waals surface area contributed by atoms with E-state index in [-0.39, 0.29) is 18.5 Å². The molecule has 0 aromatic heterocycles. The van der Waals surface area contributed by atoms with Gasteiger partial charge in [0.05, 0.1) is 13.2 Å². The van der Waals surface area contributed by atoms with Crippen molar-refractivity contribution in [3.63, 3.8) is 0 Å². The van der Waals surface area contributed by atoms with E-state index in [0.29, 0.717) is 5.92 Å². The van der Waals surface area contributed by atoms with Crippen molar-refractivity contribution in [2.75, 3.05) is 13.7 Å². The lowest BCUT2D eigenvalue weighted by Gasteiger charge is -2.25. The fourth-order valence-electron chi connectivity index (χ4n) is 3.38. The summed E-state index contributed by atoms with van der Waals surface area (Å²) in [5, 5.41) is 19.4. The molecule has 0 aromatic rings. The second kappa shape index (κ2) is 12.9. The number of hydrogen-bond acceptors (Lipinski definition) is 4. The van der Waals surface area contributed by atoms with E-state index in [0.717, 1.165) is 56.9 Å². The summed E-state index contributed by atoms with van der Waals surface area (Å²) in [6.45, 7) is 2.41. The monoisotopic (exact) mass is 350 g/mol. The molecule has 2 unspecified atom stereocenters. The summed E-state index contributed by atoms with van der Waals surface area (Å²) in [5.74, 6) is 0.246. The van der Waals surface area contributed by atoms with Crippen molar-refractivity contribution < 1.29 is 19.7 Å². The third kappa shape index (κ3) is 8.02. The Morgan fingerprint density at radius 2 is 2.08 bits per heavy atom. The van der Waals surface area contributed by atoms with Gasteiger partial charge in [0.1, 0.15) is 0 Å². The van der Waals surface area contributed by atoms with E-state index in [1.54, 1.807) is 0 Å². The topological polar surface area (TPSA) is 66.8 Å². The number of allylic oxidation sites excluding steroid dienone is 3. The van der Waals surface area contributed by atoms with Crippen LogP contribution in [-0.4, -0.2) is 36.0 Å². The lowest BCUT2D eigenvalue weighted by molar-refractivity contribution is -0.134. The lowest BCUT2D eigenvalue weighted by atomic mass is 9.83. The third-order valence-electron chi connectivity index (χ3n) is 4.99. The molecule has 0 radical (unpaired) electrons. The Bertz CT molecular complexity index is 465. The lowest BCUT2D eigenvalue weighted by Crippen LogP contribution is -2.24. The van der Waals surface area contributed by atoms with Crippen molar-refractivity contribution in [2.24, 2.45) is 11.8 Å². The predicted molar refractivity (Wildman–Crippen MR) is 101 cm³/mol. The Balaban J connectivity index is 2.40. The molecular weight excluding hydrogens is 316 g/mol. The van der Waals surface area contributed by atoms with Crippen molar-refractivity contribution in [3.05, 3.63) is 36.0 Å². The molecule has 0 amide bonds. The molecular formula is C21H34O4. The largest absolute Gasteiger partial charge is 0.466 e. The zero-order valence-corrected chi connectivity index (χ0v) is 15.7. The Labute approximate surface area is 152 Å². The number of methoxy groups -OCH3 is 1. The number of hydrogen-bond donors (Lipinski definition) is 2. The van der Waals surface area contributed by atoms with Gasteiger partial charge in [0, 0.05) is 12.7 Å². The van der Waals surface area contributed by atoms with Gasteiger partial charge in [-0.1, -0.05) is 50.5 Å². The molecule has 1 aliphatic rings. The van der Waals surface area contributed by atoms with Crippen molar-refractivity contribution in [1.82, 2.24) is 0 Å². The number of ether oxygens (including phenoxy) is 1. The molecule has 0 bridgehead atoms. The average molecular weight is 350 g/mol. The van der Waals surface area contributed by atoms with Gasteiger partial charge >= 0.3 is 5.97 Å². The third-order valence-corrected chi connectivity index (χ3v) is 4.99. The predicted octanol–water partition coefficient (Wildman–Crippen LogP) is 3.94. The summed E-state index contributed by atoms with van der Waals surface area (Å²) < 4.78 is 4.61. The van der Waals surface area contributed by atoms with Crippen molar-refractivity contribution >= 4 is 5.97 Å². The van der Waals surface area contributed by atoms with Crippen LogP contribution in [0.4, 0.5) is 0 Å². The molecule has 142 valence electrons. The molecule has 0 aromatic carbocycles. The van der Waals surface area contributed by atoms with Crippen LogP contribution in [0.1, 0.15) is 58.3 Å². The van der Waals surface area contributed by atoms with Crippen LogP contribution in [0.15, 0.2) is 36.0 Å². The summed E-state index contributed by atoms with van der Waals surface area (Å²) in [4.78, 5) is 11.2. The quantitative estimate of drug-likeness (QED) is 0.318. The zero-order valence-electron chi connectivity index (χ0n) is 15.7. The number of aliphatic hydroxyl groups is 2. The number of aliphatic hydroxyl groups excluding tert-OH is 2. The molecule has 25 heavy (non-hydrogen) atoms. The first-order valence-corrected chi connectivity index (χ1v) is 9.54. The molecule has 0 heterocycles. The maximum Gasteiger partial charge on any atom is 0.330 e. The molecule has 2 N–H and O–H groups in total. The Morgan fingerprint density at radius 1 is 1.32 bits per heavy atom. The molecule has 1 rings (SSSR count). The number of unbranched alkanes of at least 4 members (excludes halogenated alkanes) is 4. The minimum Gasteiger partial charge on any atom is -0.466 e. The summed E-state index contributed by atoms with van der Waals surface area (Å²) >= 11 is 0. The molecule has 0 fully saturated rings. The molecule has 0 saturated heterocycles. The highest BCUT2D eigenvalue weighted by Crippen LogP contribution is 2.35. The first-order valence-electron chi connectivity index (χ1n) is 9.54. The molecule has 0 aliphatic heterocycles. The summed E-state index contributed by atoms with van der Waals surface area (Å²) in [6, 6.07) is 0. The standard InChI is InChI=1S/C21H34O4/c1-3-17(12-10-13-20(23)25-2)19-15-14-18(21(19)24)11-8-6-4-5-7-9-16-22/h8,10-11,13-14,17,19,21-22,24H,3-7,9,12,15-16H2,1-2H3/b11-8+,13-10?/t17?,19?,21-/m1/s1. The van der Waals surface area contributed by atoms with E-state index in [2.05, 4.69) is 29.9 Å². The second-order valence-corrected chi connectivity index (χ2v) is 6.71. The van der Waals surface area contributed by atoms with Crippen LogP contribution < -0.4 is 0 Å². The Kier molecular flexibility index (Phi) is 11.2. The van der Waals surface area contributed by atoms with Crippen molar-refractivity contribution in [3.8, 4) is 0 Å². The van der Waals surface area contributed by atoms with E-state index in [9.17, 15) is 9.90 Å². The highest BCUT2D eigenvalue weighted by atomic mass is 16.5. The smallest absolute Gasteiger partial charge is 0.330 e. The number of rotatable bonds is 12. The van der Waals surface area contributed by atoms with Crippen LogP contribution in [0, 0.1) is 11.8 Å². The Hall–Kier alpha value is -1.39. The van der Waals surface area contributed by atoms with Crippen molar-refractivity contribution in [2.45, 2.75) is 64.4 Å². The molecule has 0 spiro atoms. The van der Waals surface area contributed by atoms with Crippen LogP contribution in [0.5, 0.6) is 0 Å². The van der Waals surface area contributed by atoms with Crippen LogP contribution in [0.25, 0.3) is 0 Å². The molecule has 3 atom stereocenters. The number of carbonyl (C=O) groups excluding carboxylic acids is 1. The van der Waals surface area contributed by atoms with Gasteiger partial charge < -0.3 is 14.9 Å². The maximum atomic E-state index is 11.2. The van der Waals surface area contributed by atoms with Crippen molar-refractivity contribution in [1.29, 1.82) is 0 Å². The average Bonchev–Trinajstić information content (AvgIpc) is 2.98. The van der Waals surface area contributed by atoms with Gasteiger partial charge in [0.15, 0.2) is 0 Å². The molecule has 1 aliphatic carbocycles. The second-order valence-electron chi connectivity index (χ2n) is 6.71. The molecule has 4 heteroatoms. The highest BCUT2D eigenvalue weighted by molar-refractivity contribution is 5.81. The normalized spacial score (nSPS) is 21.8. The Morgan fingerprint density at radius 3 is 2.76 bits per heavy atom. The number of carbonyl (C=O) groups is 1. The maximum absolute atomic E-state index is 11.2. The van der Waals surface area contributed by atoms with Gasteiger partial charge in [-0.25, -0.2) is 4.79 Å². The van der Waals surface area contributed by atoms with E-state index in [4.69, 9.17) is 5.11 Å². The minimum absolute atomic E-state index is 0.219. The molecule has 4 nitrogen and oxygen atoms in total. The first-order chi connectivity index (χ1) is 12.1. The van der Waals surface area contributed by atoms with Crippen LogP contribution in [0.3, 0.4) is 0 Å². The fourth-order valence-corrected chi connectivity index (χ4v) is 3.38. The number of esters is 1. The van der Waals surface area contributed by atoms with Crippen LogP contribution in [-0.2, 0) is 9.53 Å². The summed E-state index contributed by atoms with van der Waals surface area (Å²) in [5.41, 5.74) is 1.02. The SMILES string of the molecule is CCC(CC=CC(=O)OC)C1CC=C(/C=C/CCCCCCO)[C@H]1O. The van der Waals surface area contributed by atoms with Gasteiger partial charge in [0.25, 0.3) is 0 Å². The van der Waals surface area contributed by atoms with Crippen LogP contribution >= 0.6 is 0 Å². The fraction of sp³-hybridized carbons (Fsp3) is 0.667. The van der Waals surface area contributed by atoms with E-state index < -0.39 is 6.10 Å². The van der Waals surface area contributed by atoms with Gasteiger partial charge in [-0.15, -0.1) is 0 Å². The first kappa shape index (κ1) is 21.7. The van der Waals surface area contributed by atoms with Gasteiger partial charge in [-0.2, -0.15) is 0 Å². The van der Waals surface area contributed by atoms with E-state index >= 15 is 0 Å². The van der Waals surface area contributed by atoms with Crippen LogP contribution in [0.2, 0.25) is 0 Å². The summed E-state index contributed by atoms with van der Waals surface area (Å²) in [7, 11) is 1.37. The van der Waals surface area contributed by atoms with E-state index in [1.165, 1.54) is 13.2 Å². The highest BCUT2D eigenvalue weighted by Gasteiger charge is 2.31. The summed E-state index contributed by atoms with van der Waals surface area (Å²) in [6.07, 6.45) is 17.1. The minimum atomic E-state index is -0.415. The van der Waals surface area contributed by atoms with Gasteiger partial charge in [0.2, 0.25) is 0 Å². The van der Waals surface area contributed by atoms with E-state index in [1.807, 2.05) is 6.08 Å². The van der Waals surface area contributed by atoms with Gasteiger partial charge in [-0.05, 0) is 49.5 Å². The van der Waals surface area contributed by atoms with Gasteiger partial charge in [-0.3, -0.25) is 0 Å². The zero-order chi connectivity index (χ0) is 18.5. The molecule has 0 saturated carbocycles.